The summed E-state index contributed by atoms with van der Waals surface area (Å²) in [6, 6.07) is 2.30. The van der Waals surface area contributed by atoms with Crippen molar-refractivity contribution in [3.05, 3.63) is 23.8 Å². The first kappa shape index (κ1) is 7.42. The van der Waals surface area contributed by atoms with Crippen molar-refractivity contribution < 1.29 is 8.78 Å². The topological polar surface area (TPSA) is 26.0 Å². The first-order valence-electron chi connectivity index (χ1n) is 2.61. The molecule has 0 bridgehead atoms. The summed E-state index contributed by atoms with van der Waals surface area (Å²) in [5.41, 5.74) is 5.43. The molecule has 1 rings (SSSR count). The van der Waals surface area contributed by atoms with Crippen LogP contribution in [0.5, 0.6) is 0 Å². The molecule has 0 aliphatic carbocycles. The van der Waals surface area contributed by atoms with Crippen molar-refractivity contribution in [3.8, 4) is 0 Å². The third kappa shape index (κ3) is 1.24. The molecule has 4 heteroatoms. The third-order valence-corrected chi connectivity index (χ3v) is 1.50. The van der Waals surface area contributed by atoms with Crippen molar-refractivity contribution in [3.63, 3.8) is 0 Å². The average Bonchev–Trinajstić information content (AvgIpc) is 1.82. The Balaban J connectivity index is 3.31. The highest BCUT2D eigenvalue weighted by Crippen LogP contribution is 2.09. The van der Waals surface area contributed by atoms with E-state index < -0.39 is 11.6 Å². The maximum Gasteiger partial charge on any atom is 0.166 e. The zero-order chi connectivity index (χ0) is 7.72. The largest absolute Gasteiger partial charge is 0.399 e. The van der Waals surface area contributed by atoms with E-state index >= 15 is 0 Å². The van der Waals surface area contributed by atoms with Gasteiger partial charge in [0.25, 0.3) is 0 Å². The summed E-state index contributed by atoms with van der Waals surface area (Å²) in [5, 5.41) is 0.150. The van der Waals surface area contributed by atoms with Crippen LogP contribution in [0.1, 0.15) is 0 Å². The van der Waals surface area contributed by atoms with Crippen LogP contribution in [0.25, 0.3) is 0 Å². The van der Waals surface area contributed by atoms with Gasteiger partial charge in [0.15, 0.2) is 11.6 Å². The number of nitrogen functional groups attached to an aromatic ring is 1. The minimum Gasteiger partial charge on any atom is -0.399 e. The van der Waals surface area contributed by atoms with E-state index in [1.54, 1.807) is 0 Å². The van der Waals surface area contributed by atoms with Gasteiger partial charge in [0.1, 0.15) is 0 Å². The molecule has 0 spiro atoms. The Morgan fingerprint density at radius 2 is 1.90 bits per heavy atom. The molecule has 2 N–H and O–H groups in total. The van der Waals surface area contributed by atoms with E-state index in [0.717, 1.165) is 6.07 Å². The van der Waals surface area contributed by atoms with Gasteiger partial charge in [0.2, 0.25) is 0 Å². The molecule has 0 aliphatic heterocycles. The maximum atomic E-state index is 12.5. The van der Waals surface area contributed by atoms with Gasteiger partial charge in [-0.2, -0.15) is 0 Å². The minimum absolute atomic E-state index is 0.150. The number of hydrogen-bond donors (Lipinski definition) is 1. The Hall–Kier alpha value is -0.690. The molecule has 0 fully saturated rings. The average molecular weight is 161 g/mol. The Kier molecular flexibility index (Phi) is 1.86. The van der Waals surface area contributed by atoms with Gasteiger partial charge in [0, 0.05) is 11.0 Å². The van der Waals surface area contributed by atoms with E-state index in [4.69, 9.17) is 5.73 Å². The second-order valence-corrected chi connectivity index (χ2v) is 2.53. The van der Waals surface area contributed by atoms with Crippen molar-refractivity contribution in [2.24, 2.45) is 0 Å². The summed E-state index contributed by atoms with van der Waals surface area (Å²) in [6.45, 7) is 0. The Bertz CT molecular complexity index is 239. The fraction of sp³-hybridized carbons (Fsp3) is 0. The van der Waals surface area contributed by atoms with Gasteiger partial charge in [0.05, 0.1) is 0 Å². The van der Waals surface area contributed by atoms with Crippen LogP contribution in [0.4, 0.5) is 14.5 Å². The predicted molar refractivity (Wildman–Crippen MR) is 40.1 cm³/mol. The van der Waals surface area contributed by atoms with Crippen LogP contribution in [0.3, 0.4) is 0 Å². The zero-order valence-electron chi connectivity index (χ0n) is 5.07. The van der Waals surface area contributed by atoms with Crippen LogP contribution >= 0.6 is 9.24 Å². The molecule has 0 aliphatic rings. The third-order valence-electron chi connectivity index (χ3n) is 1.08. The number of rotatable bonds is 0. The zero-order valence-corrected chi connectivity index (χ0v) is 6.22. The number of nitrogens with two attached hydrogens (primary N) is 1. The lowest BCUT2D eigenvalue weighted by molar-refractivity contribution is 0.515. The summed E-state index contributed by atoms with van der Waals surface area (Å²) >= 11 is 0. The Morgan fingerprint density at radius 3 is 2.40 bits per heavy atom. The van der Waals surface area contributed by atoms with Crippen LogP contribution in [0.2, 0.25) is 0 Å². The van der Waals surface area contributed by atoms with Gasteiger partial charge in [-0.05, 0) is 12.1 Å². The second kappa shape index (κ2) is 2.51. The summed E-state index contributed by atoms with van der Waals surface area (Å²) in [4.78, 5) is 0. The van der Waals surface area contributed by atoms with Crippen molar-refractivity contribution in [2.45, 2.75) is 0 Å². The highest BCUT2D eigenvalue weighted by molar-refractivity contribution is 7.27. The molecule has 0 amide bonds. The van der Waals surface area contributed by atoms with Crippen molar-refractivity contribution in [1.82, 2.24) is 0 Å². The smallest absolute Gasteiger partial charge is 0.166 e. The maximum absolute atomic E-state index is 12.5. The van der Waals surface area contributed by atoms with Crippen molar-refractivity contribution >= 4 is 20.2 Å². The Labute approximate surface area is 59.4 Å². The van der Waals surface area contributed by atoms with Gasteiger partial charge in [-0.15, -0.1) is 9.24 Å². The predicted octanol–water partition coefficient (Wildman–Crippen LogP) is 1.05. The quantitative estimate of drug-likeness (QED) is 0.446. The lowest BCUT2D eigenvalue weighted by atomic mass is 10.3. The molecule has 1 atom stereocenters. The van der Waals surface area contributed by atoms with E-state index in [1.165, 1.54) is 6.07 Å². The lowest BCUT2D eigenvalue weighted by Crippen LogP contribution is -2.03. The first-order valence-corrected chi connectivity index (χ1v) is 3.19. The summed E-state index contributed by atoms with van der Waals surface area (Å²) < 4.78 is 24.8. The van der Waals surface area contributed by atoms with Gasteiger partial charge in [-0.3, -0.25) is 0 Å². The van der Waals surface area contributed by atoms with Gasteiger partial charge < -0.3 is 5.73 Å². The van der Waals surface area contributed by atoms with Crippen LogP contribution in [0, 0.1) is 11.6 Å². The van der Waals surface area contributed by atoms with Crippen LogP contribution in [0.15, 0.2) is 12.1 Å². The van der Waals surface area contributed by atoms with E-state index in [-0.39, 0.29) is 11.0 Å². The monoisotopic (exact) mass is 161 g/mol. The highest BCUT2D eigenvalue weighted by Gasteiger charge is 2.04. The van der Waals surface area contributed by atoms with Crippen LogP contribution in [-0.4, -0.2) is 0 Å². The molecule has 0 saturated heterocycles. The summed E-state index contributed by atoms with van der Waals surface area (Å²) in [6.07, 6.45) is 0. The molecule has 1 aromatic rings. The SMILES string of the molecule is Nc1cc(F)c(F)c(P)c1. The van der Waals surface area contributed by atoms with Crippen LogP contribution < -0.4 is 11.0 Å². The molecule has 0 heterocycles. The number of anilines is 1. The standard InChI is InChI=1S/C6H6F2NP/c7-4-1-3(9)2-5(10)6(4)8/h1-2H,9-10H2. The normalized spacial score (nSPS) is 9.90. The number of benzene rings is 1. The first-order chi connectivity index (χ1) is 4.61. The van der Waals surface area contributed by atoms with Crippen LogP contribution in [-0.2, 0) is 0 Å². The molecule has 0 aromatic heterocycles. The molecule has 1 nitrogen and oxygen atoms in total. The van der Waals surface area contributed by atoms with Gasteiger partial charge in [-0.1, -0.05) is 0 Å². The summed E-state index contributed by atoms with van der Waals surface area (Å²) in [5.74, 6) is -1.77. The minimum atomic E-state index is -0.912. The molecule has 54 valence electrons. The molecular weight excluding hydrogens is 155 g/mol. The molecule has 10 heavy (non-hydrogen) atoms. The second-order valence-electron chi connectivity index (χ2n) is 1.91. The van der Waals surface area contributed by atoms with Gasteiger partial charge >= 0.3 is 0 Å². The van der Waals surface area contributed by atoms with Gasteiger partial charge in [-0.25, -0.2) is 8.78 Å². The van der Waals surface area contributed by atoms with E-state index in [1.807, 2.05) is 0 Å². The van der Waals surface area contributed by atoms with E-state index in [9.17, 15) is 8.78 Å². The molecule has 0 radical (unpaired) electrons. The number of hydrogen-bond acceptors (Lipinski definition) is 1. The highest BCUT2D eigenvalue weighted by atomic mass is 31.0. The fourth-order valence-corrected chi connectivity index (χ4v) is 0.963. The Morgan fingerprint density at radius 1 is 1.30 bits per heavy atom. The number of halogens is 2. The molecular formula is C6H6F2NP. The van der Waals surface area contributed by atoms with E-state index in [0.29, 0.717) is 0 Å². The lowest BCUT2D eigenvalue weighted by Gasteiger charge is -1.98. The van der Waals surface area contributed by atoms with Crippen molar-refractivity contribution in [1.29, 1.82) is 0 Å². The fourth-order valence-electron chi connectivity index (χ4n) is 0.632. The molecule has 0 saturated carbocycles. The van der Waals surface area contributed by atoms with E-state index in [2.05, 4.69) is 9.24 Å². The molecule has 1 unspecified atom stereocenters. The molecule has 1 aromatic carbocycles. The van der Waals surface area contributed by atoms with Crippen molar-refractivity contribution in [2.75, 3.05) is 5.73 Å². The summed E-state index contributed by atoms with van der Waals surface area (Å²) in [7, 11) is 2.06.